The Hall–Kier alpha value is -3.22. The Morgan fingerprint density at radius 3 is 2.41 bits per heavy atom. The van der Waals surface area contributed by atoms with Crippen LogP contribution in [0.25, 0.3) is 0 Å². The Bertz CT molecular complexity index is 805. The molecule has 27 heavy (non-hydrogen) atoms. The summed E-state index contributed by atoms with van der Waals surface area (Å²) in [5.74, 6) is 0.506. The van der Waals surface area contributed by atoms with E-state index in [0.717, 1.165) is 5.56 Å². The molecule has 0 bridgehead atoms. The van der Waals surface area contributed by atoms with E-state index in [1.54, 1.807) is 26.2 Å². The molecule has 144 valence electrons. The number of methoxy groups -OCH3 is 3. The van der Waals surface area contributed by atoms with Gasteiger partial charge in [-0.2, -0.15) is 0 Å². The fourth-order valence-corrected chi connectivity index (χ4v) is 2.43. The Kier molecular flexibility index (Phi) is 7.05. The van der Waals surface area contributed by atoms with Crippen molar-refractivity contribution in [2.24, 2.45) is 0 Å². The molecule has 1 atom stereocenters. The lowest BCUT2D eigenvalue weighted by molar-refractivity contribution is -0.127. The van der Waals surface area contributed by atoms with E-state index in [9.17, 15) is 9.59 Å². The van der Waals surface area contributed by atoms with Crippen molar-refractivity contribution >= 4 is 11.9 Å². The van der Waals surface area contributed by atoms with Crippen molar-refractivity contribution < 1.29 is 28.5 Å². The highest BCUT2D eigenvalue weighted by Crippen LogP contribution is 2.26. The van der Waals surface area contributed by atoms with Gasteiger partial charge in [0.25, 0.3) is 5.91 Å². The van der Waals surface area contributed by atoms with Gasteiger partial charge in [0.05, 0.1) is 21.3 Å². The molecule has 0 heterocycles. The highest BCUT2D eigenvalue weighted by Gasteiger charge is 2.20. The molecule has 7 heteroatoms. The van der Waals surface area contributed by atoms with Crippen LogP contribution in [0.4, 0.5) is 0 Å². The second-order valence-electron chi connectivity index (χ2n) is 5.64. The molecule has 1 unspecified atom stereocenters. The van der Waals surface area contributed by atoms with Crippen LogP contribution in [-0.4, -0.2) is 39.3 Å². The summed E-state index contributed by atoms with van der Waals surface area (Å²) in [5.41, 5.74) is 1.03. The van der Waals surface area contributed by atoms with Gasteiger partial charge in [-0.15, -0.1) is 0 Å². The number of nitrogens with one attached hydrogen (secondary N) is 1. The standard InChI is InChI=1S/C20H23NO6/c1-13(19(22)21-12-14-7-5-6-8-17(14)25-3)27-18-10-9-15(24-2)11-16(18)20(23)26-4/h5-11,13H,12H2,1-4H3,(H,21,22). The molecule has 0 spiro atoms. The Balaban J connectivity index is 2.06. The van der Waals surface area contributed by atoms with Crippen LogP contribution in [0.1, 0.15) is 22.8 Å². The van der Waals surface area contributed by atoms with Crippen molar-refractivity contribution in [2.75, 3.05) is 21.3 Å². The van der Waals surface area contributed by atoms with Crippen LogP contribution in [0.5, 0.6) is 17.2 Å². The molecule has 0 aromatic heterocycles. The van der Waals surface area contributed by atoms with Gasteiger partial charge in [-0.3, -0.25) is 4.79 Å². The normalized spacial score (nSPS) is 11.3. The molecule has 0 aliphatic heterocycles. The van der Waals surface area contributed by atoms with Crippen LogP contribution in [-0.2, 0) is 16.1 Å². The highest BCUT2D eigenvalue weighted by atomic mass is 16.5. The lowest BCUT2D eigenvalue weighted by atomic mass is 10.2. The van der Waals surface area contributed by atoms with E-state index >= 15 is 0 Å². The fraction of sp³-hybridized carbons (Fsp3) is 0.300. The van der Waals surface area contributed by atoms with Crippen molar-refractivity contribution in [3.05, 3.63) is 53.6 Å². The van der Waals surface area contributed by atoms with Gasteiger partial charge in [-0.05, 0) is 31.2 Å². The summed E-state index contributed by atoms with van der Waals surface area (Å²) in [5, 5.41) is 2.79. The molecule has 0 saturated carbocycles. The van der Waals surface area contributed by atoms with Gasteiger partial charge >= 0.3 is 5.97 Å². The maximum atomic E-state index is 12.4. The van der Waals surface area contributed by atoms with E-state index in [-0.39, 0.29) is 17.2 Å². The Morgan fingerprint density at radius 2 is 1.74 bits per heavy atom. The molecule has 7 nitrogen and oxygen atoms in total. The van der Waals surface area contributed by atoms with E-state index in [4.69, 9.17) is 18.9 Å². The van der Waals surface area contributed by atoms with Gasteiger partial charge < -0.3 is 24.3 Å². The van der Waals surface area contributed by atoms with Gasteiger partial charge in [0.2, 0.25) is 0 Å². The first kappa shape index (κ1) is 20.1. The van der Waals surface area contributed by atoms with Crippen molar-refractivity contribution in [2.45, 2.75) is 19.6 Å². The number of para-hydroxylation sites is 1. The van der Waals surface area contributed by atoms with Gasteiger partial charge in [0, 0.05) is 12.1 Å². The maximum absolute atomic E-state index is 12.4. The quantitative estimate of drug-likeness (QED) is 0.716. The smallest absolute Gasteiger partial charge is 0.341 e. The van der Waals surface area contributed by atoms with Crippen LogP contribution >= 0.6 is 0 Å². The number of benzene rings is 2. The summed E-state index contributed by atoms with van der Waals surface area (Å²) in [6.45, 7) is 1.89. The zero-order valence-electron chi connectivity index (χ0n) is 15.8. The second-order valence-corrected chi connectivity index (χ2v) is 5.64. The van der Waals surface area contributed by atoms with E-state index in [1.807, 2.05) is 24.3 Å². The summed E-state index contributed by atoms with van der Waals surface area (Å²) < 4.78 is 20.8. The zero-order chi connectivity index (χ0) is 19.8. The monoisotopic (exact) mass is 373 g/mol. The van der Waals surface area contributed by atoms with Crippen molar-refractivity contribution in [3.8, 4) is 17.2 Å². The minimum atomic E-state index is -0.823. The molecule has 1 N–H and O–H groups in total. The summed E-state index contributed by atoms with van der Waals surface area (Å²) in [4.78, 5) is 24.3. The van der Waals surface area contributed by atoms with Gasteiger partial charge in [0.1, 0.15) is 22.8 Å². The number of carbonyl (C=O) groups is 2. The van der Waals surface area contributed by atoms with E-state index in [1.165, 1.54) is 20.3 Å². The number of ether oxygens (including phenoxy) is 4. The highest BCUT2D eigenvalue weighted by molar-refractivity contribution is 5.93. The molecule has 0 radical (unpaired) electrons. The largest absolute Gasteiger partial charge is 0.497 e. The molecule has 0 aliphatic carbocycles. The summed E-state index contributed by atoms with van der Waals surface area (Å²) in [7, 11) is 4.34. The van der Waals surface area contributed by atoms with Gasteiger partial charge in [0.15, 0.2) is 6.10 Å². The fourth-order valence-electron chi connectivity index (χ4n) is 2.43. The van der Waals surface area contributed by atoms with Crippen molar-refractivity contribution in [1.82, 2.24) is 5.32 Å². The minimum Gasteiger partial charge on any atom is -0.497 e. The van der Waals surface area contributed by atoms with E-state index < -0.39 is 12.1 Å². The molecule has 0 fully saturated rings. The number of hydrogen-bond acceptors (Lipinski definition) is 6. The number of rotatable bonds is 8. The van der Waals surface area contributed by atoms with E-state index in [0.29, 0.717) is 18.0 Å². The first-order chi connectivity index (χ1) is 13.0. The third-order valence-corrected chi connectivity index (χ3v) is 3.91. The van der Waals surface area contributed by atoms with Crippen LogP contribution in [0, 0.1) is 0 Å². The predicted octanol–water partition coefficient (Wildman–Crippen LogP) is 2.57. The van der Waals surface area contributed by atoms with Crippen molar-refractivity contribution in [1.29, 1.82) is 0 Å². The average molecular weight is 373 g/mol. The second kappa shape index (κ2) is 9.47. The third kappa shape index (κ3) is 5.13. The summed E-state index contributed by atoms with van der Waals surface area (Å²) in [6.07, 6.45) is -0.823. The topological polar surface area (TPSA) is 83.1 Å². The molecular formula is C20H23NO6. The molecule has 2 rings (SSSR count). The lowest BCUT2D eigenvalue weighted by Gasteiger charge is -2.17. The summed E-state index contributed by atoms with van der Waals surface area (Å²) >= 11 is 0. The SMILES string of the molecule is COC(=O)c1cc(OC)ccc1OC(C)C(=O)NCc1ccccc1OC. The summed E-state index contributed by atoms with van der Waals surface area (Å²) in [6, 6.07) is 12.1. The molecule has 2 aromatic rings. The van der Waals surface area contributed by atoms with Crippen LogP contribution < -0.4 is 19.5 Å². The van der Waals surface area contributed by atoms with Gasteiger partial charge in [-0.1, -0.05) is 18.2 Å². The van der Waals surface area contributed by atoms with Crippen molar-refractivity contribution in [3.63, 3.8) is 0 Å². The number of carbonyl (C=O) groups excluding carboxylic acids is 2. The zero-order valence-corrected chi connectivity index (χ0v) is 15.8. The van der Waals surface area contributed by atoms with Crippen LogP contribution in [0.15, 0.2) is 42.5 Å². The maximum Gasteiger partial charge on any atom is 0.341 e. The molecule has 0 saturated heterocycles. The average Bonchev–Trinajstić information content (AvgIpc) is 2.71. The minimum absolute atomic E-state index is 0.182. The lowest BCUT2D eigenvalue weighted by Crippen LogP contribution is -2.36. The number of amides is 1. The van der Waals surface area contributed by atoms with Crippen LogP contribution in [0.3, 0.4) is 0 Å². The Labute approximate surface area is 158 Å². The third-order valence-electron chi connectivity index (χ3n) is 3.91. The Morgan fingerprint density at radius 1 is 1.00 bits per heavy atom. The number of hydrogen-bond donors (Lipinski definition) is 1. The van der Waals surface area contributed by atoms with Crippen LogP contribution in [0.2, 0.25) is 0 Å². The van der Waals surface area contributed by atoms with E-state index in [2.05, 4.69) is 5.32 Å². The molecule has 1 amide bonds. The molecule has 0 aliphatic rings. The predicted molar refractivity (Wildman–Crippen MR) is 99.3 cm³/mol. The molecular weight excluding hydrogens is 350 g/mol. The first-order valence-corrected chi connectivity index (χ1v) is 8.32. The first-order valence-electron chi connectivity index (χ1n) is 8.32. The molecule has 2 aromatic carbocycles. The van der Waals surface area contributed by atoms with Gasteiger partial charge in [-0.25, -0.2) is 4.79 Å². The number of esters is 1.